The van der Waals surface area contributed by atoms with Gasteiger partial charge in [-0.05, 0) is 18.3 Å². The zero-order valence-electron chi connectivity index (χ0n) is 6.61. The Morgan fingerprint density at radius 1 is 1.33 bits per heavy atom. The highest BCUT2D eigenvalue weighted by Crippen LogP contribution is 2.20. The first kappa shape index (κ1) is 9.39. The van der Waals surface area contributed by atoms with Gasteiger partial charge in [-0.25, -0.2) is 0 Å². The molecular weight excluding hydrogens is 131 g/mol. The highest BCUT2D eigenvalue weighted by atomic mass is 31.0. The van der Waals surface area contributed by atoms with Gasteiger partial charge in [0.05, 0.1) is 6.61 Å². The molecule has 9 heavy (non-hydrogen) atoms. The lowest BCUT2D eigenvalue weighted by Gasteiger charge is -2.16. The van der Waals surface area contributed by atoms with Crippen LogP contribution in [-0.4, -0.2) is 6.61 Å². The second-order valence-electron chi connectivity index (χ2n) is 3.54. The van der Waals surface area contributed by atoms with E-state index in [0.29, 0.717) is 5.41 Å². The molecule has 1 nitrogen and oxygen atoms in total. The van der Waals surface area contributed by atoms with Crippen LogP contribution >= 0.6 is 9.47 Å². The molecule has 0 rings (SSSR count). The first-order chi connectivity index (χ1) is 4.06. The quantitative estimate of drug-likeness (QED) is 0.441. The summed E-state index contributed by atoms with van der Waals surface area (Å²) in [6.45, 7) is 7.60. The van der Waals surface area contributed by atoms with E-state index in [4.69, 9.17) is 4.52 Å². The van der Waals surface area contributed by atoms with Gasteiger partial charge < -0.3 is 4.52 Å². The monoisotopic (exact) mass is 148 g/mol. The van der Waals surface area contributed by atoms with E-state index >= 15 is 0 Å². The molecule has 0 aliphatic carbocycles. The zero-order chi connectivity index (χ0) is 7.33. The first-order valence-electron chi connectivity index (χ1n) is 3.38. The molecule has 0 saturated heterocycles. The van der Waals surface area contributed by atoms with E-state index in [1.807, 2.05) is 0 Å². The van der Waals surface area contributed by atoms with Crippen LogP contribution in [0, 0.1) is 5.41 Å². The fourth-order valence-corrected chi connectivity index (χ4v) is 0.852. The molecular formula is C7H17OP. The summed E-state index contributed by atoms with van der Waals surface area (Å²) >= 11 is 0. The molecule has 0 aromatic rings. The van der Waals surface area contributed by atoms with Crippen molar-refractivity contribution < 1.29 is 4.52 Å². The smallest absolute Gasteiger partial charge is 0.0502 e. The van der Waals surface area contributed by atoms with Crippen LogP contribution in [0.2, 0.25) is 0 Å². The molecule has 0 aliphatic heterocycles. The molecule has 0 fully saturated rings. The van der Waals surface area contributed by atoms with Crippen LogP contribution in [0.3, 0.4) is 0 Å². The van der Waals surface area contributed by atoms with Crippen molar-refractivity contribution >= 4 is 9.47 Å². The van der Waals surface area contributed by atoms with E-state index in [9.17, 15) is 0 Å². The molecule has 0 N–H and O–H groups in total. The van der Waals surface area contributed by atoms with Crippen LogP contribution in [0.4, 0.5) is 0 Å². The van der Waals surface area contributed by atoms with Gasteiger partial charge in [-0.1, -0.05) is 20.8 Å². The Kier molecular flexibility index (Phi) is 4.43. The summed E-state index contributed by atoms with van der Waals surface area (Å²) in [5.74, 6) is 0. The van der Waals surface area contributed by atoms with Crippen molar-refractivity contribution in [2.24, 2.45) is 5.41 Å². The van der Waals surface area contributed by atoms with Crippen LogP contribution in [0.1, 0.15) is 33.6 Å². The maximum Gasteiger partial charge on any atom is 0.0502 e. The molecule has 0 spiro atoms. The highest BCUT2D eigenvalue weighted by Gasteiger charge is 2.08. The van der Waals surface area contributed by atoms with E-state index in [0.717, 1.165) is 13.0 Å². The second-order valence-corrected chi connectivity index (χ2v) is 3.87. The van der Waals surface area contributed by atoms with Gasteiger partial charge in [0, 0.05) is 9.47 Å². The van der Waals surface area contributed by atoms with Crippen molar-refractivity contribution in [1.82, 2.24) is 0 Å². The van der Waals surface area contributed by atoms with Crippen LogP contribution in [0.25, 0.3) is 0 Å². The largest absolute Gasteiger partial charge is 0.366 e. The average Bonchev–Trinajstić information content (AvgIpc) is 1.63. The maximum absolute atomic E-state index is 4.85. The van der Waals surface area contributed by atoms with Gasteiger partial charge in [0.2, 0.25) is 0 Å². The standard InChI is InChI=1S/C7H17OP/c1-7(2,3)5-4-6-8-9/h4-6,9H2,1-3H3. The number of rotatable bonds is 3. The molecule has 0 heterocycles. The van der Waals surface area contributed by atoms with Gasteiger partial charge in [-0.3, -0.25) is 0 Å². The minimum atomic E-state index is 0.462. The summed E-state index contributed by atoms with van der Waals surface area (Å²) in [5.41, 5.74) is 0.462. The van der Waals surface area contributed by atoms with Crippen molar-refractivity contribution in [3.05, 3.63) is 0 Å². The summed E-state index contributed by atoms with van der Waals surface area (Å²) in [4.78, 5) is 0. The highest BCUT2D eigenvalue weighted by molar-refractivity contribution is 7.09. The lowest BCUT2D eigenvalue weighted by atomic mass is 9.91. The third-order valence-corrected chi connectivity index (χ3v) is 1.42. The number of hydrogen-bond acceptors (Lipinski definition) is 1. The van der Waals surface area contributed by atoms with E-state index in [2.05, 4.69) is 30.2 Å². The molecule has 0 radical (unpaired) electrons. The lowest BCUT2D eigenvalue weighted by molar-refractivity contribution is 0.297. The van der Waals surface area contributed by atoms with Gasteiger partial charge in [-0.2, -0.15) is 0 Å². The molecule has 56 valence electrons. The molecule has 2 heteroatoms. The Morgan fingerprint density at radius 2 is 1.89 bits per heavy atom. The fourth-order valence-electron chi connectivity index (χ4n) is 0.686. The minimum Gasteiger partial charge on any atom is -0.366 e. The van der Waals surface area contributed by atoms with Crippen molar-refractivity contribution in [3.8, 4) is 0 Å². The van der Waals surface area contributed by atoms with Gasteiger partial charge in [0.15, 0.2) is 0 Å². The van der Waals surface area contributed by atoms with E-state index in [-0.39, 0.29) is 0 Å². The Labute approximate surface area is 60.5 Å². The summed E-state index contributed by atoms with van der Waals surface area (Å²) in [6.07, 6.45) is 2.40. The van der Waals surface area contributed by atoms with Gasteiger partial charge in [0.25, 0.3) is 0 Å². The third kappa shape index (κ3) is 8.39. The molecule has 0 aromatic carbocycles. The normalized spacial score (nSPS) is 12.0. The van der Waals surface area contributed by atoms with E-state index < -0.39 is 0 Å². The SMILES string of the molecule is CC(C)(C)CCCOP. The van der Waals surface area contributed by atoms with Crippen LogP contribution < -0.4 is 0 Å². The molecule has 0 bridgehead atoms. The molecule has 0 aromatic heterocycles. The van der Waals surface area contributed by atoms with Crippen LogP contribution in [0.15, 0.2) is 0 Å². The second kappa shape index (κ2) is 4.24. The Bertz CT molecular complexity index is 65.8. The van der Waals surface area contributed by atoms with E-state index in [1.165, 1.54) is 6.42 Å². The van der Waals surface area contributed by atoms with Crippen LogP contribution in [-0.2, 0) is 4.52 Å². The summed E-state index contributed by atoms with van der Waals surface area (Å²) in [5, 5.41) is 0. The summed E-state index contributed by atoms with van der Waals surface area (Å²) in [7, 11) is 2.27. The zero-order valence-corrected chi connectivity index (χ0v) is 7.76. The molecule has 0 amide bonds. The minimum absolute atomic E-state index is 0.462. The summed E-state index contributed by atoms with van der Waals surface area (Å²) in [6, 6.07) is 0. The molecule has 0 aliphatic rings. The van der Waals surface area contributed by atoms with Gasteiger partial charge >= 0.3 is 0 Å². The third-order valence-electron chi connectivity index (χ3n) is 1.19. The Morgan fingerprint density at radius 3 is 2.22 bits per heavy atom. The van der Waals surface area contributed by atoms with E-state index in [1.54, 1.807) is 0 Å². The fraction of sp³-hybridized carbons (Fsp3) is 1.00. The molecule has 1 atom stereocenters. The summed E-state index contributed by atoms with van der Waals surface area (Å²) < 4.78 is 4.85. The first-order valence-corrected chi connectivity index (χ1v) is 3.85. The van der Waals surface area contributed by atoms with Crippen molar-refractivity contribution in [1.29, 1.82) is 0 Å². The topological polar surface area (TPSA) is 9.23 Å². The van der Waals surface area contributed by atoms with Gasteiger partial charge in [0.1, 0.15) is 0 Å². The molecule has 1 unspecified atom stereocenters. The Hall–Kier alpha value is 0.390. The Balaban J connectivity index is 3.07. The predicted molar refractivity (Wildman–Crippen MR) is 44.4 cm³/mol. The predicted octanol–water partition coefficient (Wildman–Crippen LogP) is 2.62. The van der Waals surface area contributed by atoms with Crippen molar-refractivity contribution in [2.75, 3.05) is 6.61 Å². The number of hydrogen-bond donors (Lipinski definition) is 0. The van der Waals surface area contributed by atoms with Crippen LogP contribution in [0.5, 0.6) is 0 Å². The maximum atomic E-state index is 4.85. The van der Waals surface area contributed by atoms with Crippen molar-refractivity contribution in [3.63, 3.8) is 0 Å². The van der Waals surface area contributed by atoms with Gasteiger partial charge in [-0.15, -0.1) is 0 Å². The van der Waals surface area contributed by atoms with Crippen molar-refractivity contribution in [2.45, 2.75) is 33.6 Å². The average molecular weight is 148 g/mol. The molecule has 0 saturated carbocycles. The lowest BCUT2D eigenvalue weighted by Crippen LogP contribution is -2.05.